The average Bonchev–Trinajstić information content (AvgIpc) is 3.21. The summed E-state index contributed by atoms with van der Waals surface area (Å²) in [6.07, 6.45) is -0.906. The topological polar surface area (TPSA) is 67.0 Å². The predicted octanol–water partition coefficient (Wildman–Crippen LogP) is 3.82. The summed E-state index contributed by atoms with van der Waals surface area (Å²) in [6, 6.07) is 8.63. The summed E-state index contributed by atoms with van der Waals surface area (Å²) in [5, 5.41) is 11.4. The van der Waals surface area contributed by atoms with Crippen molar-refractivity contribution in [2.24, 2.45) is 0 Å². The molecule has 0 spiro atoms. The number of aromatic nitrogens is 2. The van der Waals surface area contributed by atoms with Gasteiger partial charge in [0.25, 0.3) is 5.91 Å². The summed E-state index contributed by atoms with van der Waals surface area (Å²) in [4.78, 5) is 13.1. The second-order valence-electron chi connectivity index (χ2n) is 4.97. The van der Waals surface area contributed by atoms with Crippen molar-refractivity contribution < 1.29 is 18.3 Å². The van der Waals surface area contributed by atoms with Gasteiger partial charge in [0, 0.05) is 12.1 Å². The van der Waals surface area contributed by atoms with Crippen molar-refractivity contribution in [3.63, 3.8) is 0 Å². The van der Waals surface area contributed by atoms with Crippen LogP contribution in [-0.2, 0) is 4.79 Å². The Labute approximate surface area is 140 Å². The van der Waals surface area contributed by atoms with E-state index < -0.39 is 23.6 Å². The molecule has 1 unspecified atom stereocenters. The third-order valence-corrected chi connectivity index (χ3v) is 4.09. The molecule has 1 aromatic carbocycles. The highest BCUT2D eigenvalue weighted by Gasteiger charge is 2.17. The number of benzene rings is 1. The molecule has 0 aliphatic heterocycles. The highest BCUT2D eigenvalue weighted by atomic mass is 32.1. The van der Waals surface area contributed by atoms with E-state index >= 15 is 0 Å². The molecular formula is C16H13F2N3O2S. The molecule has 124 valence electrons. The molecule has 0 saturated carbocycles. The van der Waals surface area contributed by atoms with Crippen molar-refractivity contribution in [2.75, 3.05) is 5.32 Å². The van der Waals surface area contributed by atoms with Crippen molar-refractivity contribution in [1.82, 2.24) is 10.2 Å². The summed E-state index contributed by atoms with van der Waals surface area (Å²) in [7, 11) is 0. The first-order chi connectivity index (χ1) is 11.5. The van der Waals surface area contributed by atoms with Crippen molar-refractivity contribution in [1.29, 1.82) is 0 Å². The fraction of sp³-hybridized carbons (Fsp3) is 0.125. The van der Waals surface area contributed by atoms with Crippen molar-refractivity contribution in [3.05, 3.63) is 53.4 Å². The summed E-state index contributed by atoms with van der Waals surface area (Å²) in [6.45, 7) is 1.50. The molecular weight excluding hydrogens is 336 g/mol. The van der Waals surface area contributed by atoms with Gasteiger partial charge in [-0.2, -0.15) is 5.10 Å². The smallest absolute Gasteiger partial charge is 0.266 e. The Morgan fingerprint density at radius 3 is 2.83 bits per heavy atom. The second-order valence-corrected chi connectivity index (χ2v) is 5.92. The molecule has 0 aliphatic carbocycles. The van der Waals surface area contributed by atoms with Crippen LogP contribution in [-0.4, -0.2) is 22.2 Å². The van der Waals surface area contributed by atoms with Crippen LogP contribution in [0.5, 0.6) is 5.75 Å². The van der Waals surface area contributed by atoms with Gasteiger partial charge in [-0.15, -0.1) is 11.3 Å². The van der Waals surface area contributed by atoms with Crippen LogP contribution >= 0.6 is 11.3 Å². The number of rotatable bonds is 5. The molecule has 1 atom stereocenters. The number of thiophene rings is 1. The zero-order valence-electron chi connectivity index (χ0n) is 12.5. The van der Waals surface area contributed by atoms with Gasteiger partial charge in [0.15, 0.2) is 23.6 Å². The van der Waals surface area contributed by atoms with Crippen molar-refractivity contribution in [2.45, 2.75) is 13.0 Å². The van der Waals surface area contributed by atoms with Crippen molar-refractivity contribution >= 4 is 23.1 Å². The van der Waals surface area contributed by atoms with Crippen molar-refractivity contribution in [3.8, 4) is 16.3 Å². The molecule has 2 N–H and O–H groups in total. The van der Waals surface area contributed by atoms with Crippen LogP contribution < -0.4 is 10.1 Å². The third kappa shape index (κ3) is 3.60. The molecule has 3 aromatic rings. The third-order valence-electron chi connectivity index (χ3n) is 3.19. The molecule has 5 nitrogen and oxygen atoms in total. The van der Waals surface area contributed by atoms with Gasteiger partial charge in [-0.3, -0.25) is 9.89 Å². The maximum absolute atomic E-state index is 13.1. The van der Waals surface area contributed by atoms with Crippen LogP contribution in [0.4, 0.5) is 14.6 Å². The van der Waals surface area contributed by atoms with Gasteiger partial charge in [-0.05, 0) is 30.5 Å². The van der Waals surface area contributed by atoms with Crippen LogP contribution in [0.1, 0.15) is 6.92 Å². The first-order valence-electron chi connectivity index (χ1n) is 7.05. The molecule has 0 fully saturated rings. The minimum absolute atomic E-state index is 0.0675. The molecule has 1 amide bonds. The van der Waals surface area contributed by atoms with E-state index in [0.29, 0.717) is 5.82 Å². The summed E-state index contributed by atoms with van der Waals surface area (Å²) in [5.41, 5.74) is 0.787. The molecule has 2 heterocycles. The summed E-state index contributed by atoms with van der Waals surface area (Å²) < 4.78 is 31.3. The lowest BCUT2D eigenvalue weighted by Crippen LogP contribution is -2.30. The number of halogens is 2. The number of hydrogen-bond donors (Lipinski definition) is 2. The molecule has 3 rings (SSSR count). The van der Waals surface area contributed by atoms with Gasteiger partial charge in [0.05, 0.1) is 10.6 Å². The standard InChI is InChI=1S/C16H13F2N3O2S/c1-9(23-10-4-5-11(17)12(18)7-10)16(22)19-15-8-13(20-21-15)14-3-2-6-24-14/h2-9H,1H3,(H2,19,20,21,22). The number of anilines is 1. The molecule has 2 aromatic heterocycles. The minimum Gasteiger partial charge on any atom is -0.481 e. The fourth-order valence-corrected chi connectivity index (χ4v) is 2.67. The van der Waals surface area contributed by atoms with Crippen LogP contribution in [0.15, 0.2) is 41.8 Å². The first kappa shape index (κ1) is 16.1. The van der Waals surface area contributed by atoms with E-state index in [-0.39, 0.29) is 5.75 Å². The van der Waals surface area contributed by atoms with Gasteiger partial charge in [0.1, 0.15) is 5.75 Å². The van der Waals surface area contributed by atoms with Crippen LogP contribution in [0.3, 0.4) is 0 Å². The van der Waals surface area contributed by atoms with E-state index in [9.17, 15) is 13.6 Å². The minimum atomic E-state index is -1.03. The largest absolute Gasteiger partial charge is 0.481 e. The number of nitrogens with one attached hydrogen (secondary N) is 2. The molecule has 0 radical (unpaired) electrons. The number of carbonyl (C=O) groups is 1. The molecule has 0 saturated heterocycles. The number of carbonyl (C=O) groups excluding carboxylic acids is 1. The highest BCUT2D eigenvalue weighted by molar-refractivity contribution is 7.13. The normalized spacial score (nSPS) is 12.0. The van der Waals surface area contributed by atoms with E-state index in [2.05, 4.69) is 15.5 Å². The maximum Gasteiger partial charge on any atom is 0.266 e. The highest BCUT2D eigenvalue weighted by Crippen LogP contribution is 2.24. The van der Waals surface area contributed by atoms with Crippen LogP contribution in [0.25, 0.3) is 10.6 Å². The molecule has 0 bridgehead atoms. The SMILES string of the molecule is CC(Oc1ccc(F)c(F)c1)C(=O)Nc1cc(-c2cccs2)[nH]n1. The van der Waals surface area contributed by atoms with E-state index in [1.54, 1.807) is 17.4 Å². The number of hydrogen-bond acceptors (Lipinski definition) is 4. The second kappa shape index (κ2) is 6.79. The zero-order valence-corrected chi connectivity index (χ0v) is 13.4. The zero-order chi connectivity index (χ0) is 17.1. The predicted molar refractivity (Wildman–Crippen MR) is 87.0 cm³/mol. The van der Waals surface area contributed by atoms with E-state index in [1.165, 1.54) is 13.0 Å². The first-order valence-corrected chi connectivity index (χ1v) is 7.93. The quantitative estimate of drug-likeness (QED) is 0.736. The van der Waals surface area contributed by atoms with Gasteiger partial charge in [-0.25, -0.2) is 8.78 Å². The van der Waals surface area contributed by atoms with Gasteiger partial charge >= 0.3 is 0 Å². The Morgan fingerprint density at radius 1 is 1.29 bits per heavy atom. The number of nitrogens with zero attached hydrogens (tertiary/aromatic N) is 1. The van der Waals surface area contributed by atoms with E-state index in [1.807, 2.05) is 17.5 Å². The van der Waals surface area contributed by atoms with Crippen LogP contribution in [0.2, 0.25) is 0 Å². The lowest BCUT2D eigenvalue weighted by atomic mass is 10.3. The van der Waals surface area contributed by atoms with E-state index in [4.69, 9.17) is 4.74 Å². The summed E-state index contributed by atoms with van der Waals surface area (Å²) in [5.74, 6) is -2.05. The lowest BCUT2D eigenvalue weighted by molar-refractivity contribution is -0.122. The number of H-pyrrole nitrogens is 1. The number of ether oxygens (including phenoxy) is 1. The molecule has 0 aliphatic rings. The lowest BCUT2D eigenvalue weighted by Gasteiger charge is -2.13. The van der Waals surface area contributed by atoms with Gasteiger partial charge in [0.2, 0.25) is 0 Å². The Morgan fingerprint density at radius 2 is 2.12 bits per heavy atom. The van der Waals surface area contributed by atoms with Gasteiger partial charge in [-0.1, -0.05) is 6.07 Å². The van der Waals surface area contributed by atoms with Crippen LogP contribution in [0, 0.1) is 11.6 Å². The van der Waals surface area contributed by atoms with Gasteiger partial charge < -0.3 is 10.1 Å². The Kier molecular flexibility index (Phi) is 4.57. The maximum atomic E-state index is 13.1. The van der Waals surface area contributed by atoms with E-state index in [0.717, 1.165) is 22.7 Å². The average molecular weight is 349 g/mol. The Bertz CT molecular complexity index is 849. The number of amides is 1. The Hall–Kier alpha value is -2.74. The molecule has 8 heteroatoms. The summed E-state index contributed by atoms with van der Waals surface area (Å²) >= 11 is 1.54. The monoisotopic (exact) mass is 349 g/mol. The fourth-order valence-electron chi connectivity index (χ4n) is 1.98. The Balaban J connectivity index is 1.63. The number of aromatic amines is 1. The molecule has 24 heavy (non-hydrogen) atoms.